The van der Waals surface area contributed by atoms with Gasteiger partial charge < -0.3 is 30.0 Å². The Hall–Kier alpha value is -5.71. The van der Waals surface area contributed by atoms with E-state index in [9.17, 15) is 27.9 Å². The van der Waals surface area contributed by atoms with E-state index in [0.29, 0.717) is 23.0 Å². The smallest absolute Gasteiger partial charge is 0.416 e. The minimum absolute atomic E-state index is 0.0785. The van der Waals surface area contributed by atoms with Gasteiger partial charge in [0.05, 0.1) is 35.4 Å². The number of alkyl halides is 3. The Balaban J connectivity index is 1.39. The van der Waals surface area contributed by atoms with Crippen molar-refractivity contribution in [3.63, 3.8) is 0 Å². The highest BCUT2D eigenvalue weighted by atomic mass is 19.4. The zero-order valence-electron chi connectivity index (χ0n) is 26.4. The molecule has 11 heteroatoms. The highest BCUT2D eigenvalue weighted by molar-refractivity contribution is 5.91. The lowest BCUT2D eigenvalue weighted by atomic mass is 9.85. The SMILES string of the molecule is COc1ccc(C(F)(F)F)cc1NC(=O)NCCc1c(C(c2ccc(C)cc2)c2c(O)c3ccccc3n(C)c2=O)[nH]c2ccccc12. The molecule has 8 nitrogen and oxygen atoms in total. The van der Waals surface area contributed by atoms with E-state index in [1.165, 1.54) is 11.7 Å². The number of nitrogens with one attached hydrogen (secondary N) is 3. The van der Waals surface area contributed by atoms with Gasteiger partial charge in [0.15, 0.2) is 0 Å². The van der Waals surface area contributed by atoms with E-state index >= 15 is 0 Å². The van der Waals surface area contributed by atoms with Crippen LogP contribution in [-0.2, 0) is 19.6 Å². The van der Waals surface area contributed by atoms with Gasteiger partial charge in [0, 0.05) is 35.6 Å². The van der Waals surface area contributed by atoms with Gasteiger partial charge in [-0.05, 0) is 60.9 Å². The molecule has 6 rings (SSSR count). The van der Waals surface area contributed by atoms with E-state index in [1.807, 2.05) is 55.5 Å². The standard InChI is InChI=1S/C37H33F3N4O4/c1-21-12-14-22(15-13-21)31(32-34(45)26-9-5-7-11-29(26)44(2)35(32)46)33-25(24-8-4-6-10-27(24)42-33)18-19-41-36(47)43-28-20-23(37(38,39)40)16-17-30(28)48-3/h4-17,20,31,42,45H,18-19H2,1-3H3,(H2,41,43,47). The van der Waals surface area contributed by atoms with Gasteiger partial charge in [-0.1, -0.05) is 60.2 Å². The van der Waals surface area contributed by atoms with Crippen molar-refractivity contribution in [3.8, 4) is 11.5 Å². The molecule has 0 bridgehead atoms. The number of hydrogen-bond donors (Lipinski definition) is 4. The van der Waals surface area contributed by atoms with Crippen LogP contribution in [0, 0.1) is 6.92 Å². The van der Waals surface area contributed by atoms with Crippen molar-refractivity contribution in [2.24, 2.45) is 7.05 Å². The first-order valence-electron chi connectivity index (χ1n) is 15.2. The molecule has 0 saturated carbocycles. The molecule has 0 radical (unpaired) electrons. The van der Waals surface area contributed by atoms with Gasteiger partial charge in [-0.15, -0.1) is 0 Å². The predicted octanol–water partition coefficient (Wildman–Crippen LogP) is 7.61. The maximum atomic E-state index is 14.0. The summed E-state index contributed by atoms with van der Waals surface area (Å²) >= 11 is 0. The highest BCUT2D eigenvalue weighted by Crippen LogP contribution is 2.41. The van der Waals surface area contributed by atoms with Crippen molar-refractivity contribution < 1.29 is 27.8 Å². The number of aromatic hydroxyl groups is 1. The number of aromatic nitrogens is 2. The number of rotatable bonds is 8. The summed E-state index contributed by atoms with van der Waals surface area (Å²) in [4.78, 5) is 30.5. The fourth-order valence-electron chi connectivity index (χ4n) is 6.19. The Bertz CT molecular complexity index is 2200. The number of aryl methyl sites for hydroxylation is 2. The summed E-state index contributed by atoms with van der Waals surface area (Å²) in [5.74, 6) is -0.745. The zero-order chi connectivity index (χ0) is 34.2. The number of para-hydroxylation sites is 2. The van der Waals surface area contributed by atoms with Crippen molar-refractivity contribution in [1.82, 2.24) is 14.9 Å². The first kappa shape index (κ1) is 32.2. The van der Waals surface area contributed by atoms with Gasteiger partial charge in [0.25, 0.3) is 5.56 Å². The second-order valence-corrected chi connectivity index (χ2v) is 11.6. The van der Waals surface area contributed by atoms with E-state index in [1.54, 1.807) is 31.3 Å². The van der Waals surface area contributed by atoms with Crippen LogP contribution in [0.5, 0.6) is 11.5 Å². The molecule has 2 amide bonds. The first-order chi connectivity index (χ1) is 23.0. The van der Waals surface area contributed by atoms with Crippen molar-refractivity contribution in [1.29, 1.82) is 0 Å². The van der Waals surface area contributed by atoms with E-state index in [0.717, 1.165) is 45.8 Å². The molecule has 48 heavy (non-hydrogen) atoms. The van der Waals surface area contributed by atoms with Crippen LogP contribution in [0.2, 0.25) is 0 Å². The minimum atomic E-state index is -4.60. The number of anilines is 1. The average Bonchev–Trinajstić information content (AvgIpc) is 3.43. The van der Waals surface area contributed by atoms with Crippen LogP contribution in [0.25, 0.3) is 21.8 Å². The molecule has 246 valence electrons. The minimum Gasteiger partial charge on any atom is -0.507 e. The van der Waals surface area contributed by atoms with Crippen molar-refractivity contribution in [2.45, 2.75) is 25.4 Å². The van der Waals surface area contributed by atoms with E-state index in [2.05, 4.69) is 15.6 Å². The summed E-state index contributed by atoms with van der Waals surface area (Å²) in [5.41, 5.74) is 3.48. The summed E-state index contributed by atoms with van der Waals surface area (Å²) in [6.45, 7) is 2.07. The monoisotopic (exact) mass is 654 g/mol. The number of fused-ring (bicyclic) bond motifs is 2. The van der Waals surface area contributed by atoms with Crippen LogP contribution < -0.4 is 20.9 Å². The molecule has 1 unspecified atom stereocenters. The fourth-order valence-corrected chi connectivity index (χ4v) is 6.19. The number of hydrogen-bond acceptors (Lipinski definition) is 4. The molecule has 0 aliphatic carbocycles. The molecule has 0 spiro atoms. The molecule has 2 aromatic heterocycles. The molecule has 4 N–H and O–H groups in total. The Morgan fingerprint density at radius 1 is 0.979 bits per heavy atom. The first-order valence-corrected chi connectivity index (χ1v) is 15.2. The molecular formula is C37H33F3N4O4. The second kappa shape index (κ2) is 12.8. The third kappa shape index (κ3) is 6.06. The fraction of sp³-hybridized carbons (Fsp3) is 0.189. The number of aromatic amines is 1. The van der Waals surface area contributed by atoms with Gasteiger partial charge in [-0.2, -0.15) is 13.2 Å². The normalized spacial score (nSPS) is 12.3. The van der Waals surface area contributed by atoms with Gasteiger partial charge in [-0.25, -0.2) is 4.79 Å². The lowest BCUT2D eigenvalue weighted by Crippen LogP contribution is -2.31. The summed E-state index contributed by atoms with van der Waals surface area (Å²) in [6.07, 6.45) is -4.30. The molecule has 4 aromatic carbocycles. The lowest BCUT2D eigenvalue weighted by molar-refractivity contribution is -0.137. The van der Waals surface area contributed by atoms with Crippen LogP contribution in [0.1, 0.15) is 39.4 Å². The number of carbonyl (C=O) groups is 1. The summed E-state index contributed by atoms with van der Waals surface area (Å²) in [6, 6.07) is 24.6. The molecule has 0 aliphatic rings. The van der Waals surface area contributed by atoms with Gasteiger partial charge >= 0.3 is 12.2 Å². The van der Waals surface area contributed by atoms with Crippen LogP contribution in [0.3, 0.4) is 0 Å². The van der Waals surface area contributed by atoms with Gasteiger partial charge in [0.2, 0.25) is 0 Å². The third-order valence-corrected chi connectivity index (χ3v) is 8.58. The summed E-state index contributed by atoms with van der Waals surface area (Å²) < 4.78 is 46.7. The predicted molar refractivity (Wildman–Crippen MR) is 180 cm³/mol. The molecule has 0 saturated heterocycles. The van der Waals surface area contributed by atoms with E-state index < -0.39 is 23.7 Å². The second-order valence-electron chi connectivity index (χ2n) is 11.6. The van der Waals surface area contributed by atoms with Crippen LogP contribution in [-0.4, -0.2) is 34.3 Å². The average molecular weight is 655 g/mol. The van der Waals surface area contributed by atoms with Crippen molar-refractivity contribution in [3.05, 3.63) is 135 Å². The molecule has 0 aliphatic heterocycles. The van der Waals surface area contributed by atoms with Crippen LogP contribution >= 0.6 is 0 Å². The quantitative estimate of drug-likeness (QED) is 0.136. The molecule has 1 atom stereocenters. The number of methoxy groups -OCH3 is 1. The molecule has 6 aromatic rings. The Morgan fingerprint density at radius 2 is 1.67 bits per heavy atom. The van der Waals surface area contributed by atoms with Gasteiger partial charge in [-0.3, -0.25) is 4.79 Å². The van der Waals surface area contributed by atoms with Gasteiger partial charge in [0.1, 0.15) is 11.5 Å². The number of amides is 2. The van der Waals surface area contributed by atoms with Crippen molar-refractivity contribution >= 4 is 33.5 Å². The Morgan fingerprint density at radius 3 is 2.38 bits per heavy atom. The van der Waals surface area contributed by atoms with E-state index in [4.69, 9.17) is 4.74 Å². The number of benzene rings is 4. The van der Waals surface area contributed by atoms with Crippen molar-refractivity contribution in [2.75, 3.05) is 19.0 Å². The van der Waals surface area contributed by atoms with Crippen LogP contribution in [0.15, 0.2) is 95.8 Å². The maximum Gasteiger partial charge on any atom is 0.416 e. The number of pyridine rings is 1. The topological polar surface area (TPSA) is 108 Å². The third-order valence-electron chi connectivity index (χ3n) is 8.58. The largest absolute Gasteiger partial charge is 0.507 e. The Labute approximate surface area is 273 Å². The lowest BCUT2D eigenvalue weighted by Gasteiger charge is -2.22. The maximum absolute atomic E-state index is 14.0. The summed E-state index contributed by atoms with van der Waals surface area (Å²) in [7, 11) is 2.98. The number of ether oxygens (including phenoxy) is 1. The number of halogens is 3. The molecular weight excluding hydrogens is 621 g/mol. The highest BCUT2D eigenvalue weighted by Gasteiger charge is 2.32. The summed E-state index contributed by atoms with van der Waals surface area (Å²) in [5, 5.41) is 18.3. The van der Waals surface area contributed by atoms with Crippen LogP contribution in [0.4, 0.5) is 23.7 Å². The molecule has 0 fully saturated rings. The zero-order valence-corrected chi connectivity index (χ0v) is 26.4. The number of nitrogens with zero attached hydrogens (tertiary/aromatic N) is 1. The number of carbonyl (C=O) groups excluding carboxylic acids is 1. The molecule has 2 heterocycles. The Kier molecular flexibility index (Phi) is 8.61. The number of urea groups is 1. The number of H-pyrrole nitrogens is 1. The van der Waals surface area contributed by atoms with E-state index in [-0.39, 0.29) is 34.9 Å².